The van der Waals surface area contributed by atoms with Crippen molar-refractivity contribution in [1.82, 2.24) is 0 Å². The highest BCUT2D eigenvalue weighted by Crippen LogP contribution is 2.42. The number of cyclic esters (lactones) is 1. The first-order chi connectivity index (χ1) is 12.4. The Labute approximate surface area is 168 Å². The summed E-state index contributed by atoms with van der Waals surface area (Å²) >= 11 is 20.1. The number of esters is 1. The number of thiophene rings is 1. The second kappa shape index (κ2) is 6.71. The molecule has 2 aromatic carbocycles. The first kappa shape index (κ1) is 17.6. The molecule has 0 radical (unpaired) electrons. The van der Waals surface area contributed by atoms with Crippen LogP contribution in [0.4, 0.5) is 0 Å². The zero-order chi connectivity index (χ0) is 18.4. The lowest BCUT2D eigenvalue weighted by Gasteiger charge is -1.97. The van der Waals surface area contributed by atoms with Gasteiger partial charge in [0.2, 0.25) is 5.90 Å². The Balaban J connectivity index is 1.79. The zero-order valence-corrected chi connectivity index (χ0v) is 16.4. The minimum Gasteiger partial charge on any atom is -0.401 e. The lowest BCUT2D eigenvalue weighted by atomic mass is 10.1. The zero-order valence-electron chi connectivity index (χ0n) is 13.3. The first-order valence-corrected chi connectivity index (χ1v) is 9.54. The van der Waals surface area contributed by atoms with Gasteiger partial charge in [0.25, 0.3) is 0 Å². The lowest BCUT2D eigenvalue weighted by molar-refractivity contribution is -0.129. The molecule has 0 fully saturated rings. The van der Waals surface area contributed by atoms with Gasteiger partial charge in [-0.05, 0) is 30.7 Å². The number of rotatable bonds is 2. The smallest absolute Gasteiger partial charge is 0.363 e. The summed E-state index contributed by atoms with van der Waals surface area (Å²) in [7, 11) is 0. The van der Waals surface area contributed by atoms with Gasteiger partial charge in [0.1, 0.15) is 4.88 Å². The summed E-state index contributed by atoms with van der Waals surface area (Å²) in [5.41, 5.74) is 2.19. The maximum atomic E-state index is 12.2. The molecule has 0 bridgehead atoms. The molecule has 0 atom stereocenters. The fourth-order valence-corrected chi connectivity index (χ4v) is 4.97. The van der Waals surface area contributed by atoms with Crippen LogP contribution in [0.3, 0.4) is 0 Å². The first-order valence-electron chi connectivity index (χ1n) is 7.59. The van der Waals surface area contributed by atoms with Crippen molar-refractivity contribution in [2.45, 2.75) is 6.92 Å². The van der Waals surface area contributed by atoms with Gasteiger partial charge in [-0.2, -0.15) is 0 Å². The van der Waals surface area contributed by atoms with Gasteiger partial charge in [0.15, 0.2) is 5.70 Å². The molecule has 7 heteroatoms. The number of aliphatic imine (C=N–C) groups is 1. The monoisotopic (exact) mass is 421 g/mol. The van der Waals surface area contributed by atoms with E-state index in [1.54, 1.807) is 18.2 Å². The van der Waals surface area contributed by atoms with E-state index in [4.69, 9.17) is 39.5 Å². The van der Waals surface area contributed by atoms with Crippen LogP contribution in [0.5, 0.6) is 0 Å². The van der Waals surface area contributed by atoms with Crippen LogP contribution < -0.4 is 0 Å². The fraction of sp³-hybridized carbons (Fsp3) is 0.0526. The molecule has 4 rings (SSSR count). The lowest BCUT2D eigenvalue weighted by Crippen LogP contribution is -2.04. The number of benzene rings is 2. The summed E-state index contributed by atoms with van der Waals surface area (Å²) < 4.78 is 6.14. The molecule has 0 N–H and O–H groups in total. The average molecular weight is 423 g/mol. The van der Waals surface area contributed by atoms with Gasteiger partial charge in [-0.1, -0.05) is 64.6 Å². The van der Waals surface area contributed by atoms with Crippen molar-refractivity contribution >= 4 is 74.2 Å². The fourth-order valence-electron chi connectivity index (χ4n) is 2.67. The molecule has 2 heterocycles. The molecule has 1 aliphatic rings. The Hall–Kier alpha value is -1.85. The second-order valence-corrected chi connectivity index (χ2v) is 8.03. The van der Waals surface area contributed by atoms with Crippen LogP contribution in [0.2, 0.25) is 15.1 Å². The maximum absolute atomic E-state index is 12.2. The van der Waals surface area contributed by atoms with Crippen molar-refractivity contribution in [3.8, 4) is 0 Å². The predicted octanol–water partition coefficient (Wildman–Crippen LogP) is 6.51. The molecule has 3 nitrogen and oxygen atoms in total. The largest absolute Gasteiger partial charge is 0.401 e. The van der Waals surface area contributed by atoms with E-state index in [9.17, 15) is 4.79 Å². The van der Waals surface area contributed by atoms with Crippen LogP contribution in [0, 0.1) is 6.92 Å². The van der Waals surface area contributed by atoms with E-state index in [0.29, 0.717) is 25.3 Å². The van der Waals surface area contributed by atoms with Crippen LogP contribution in [-0.4, -0.2) is 11.9 Å². The molecule has 26 heavy (non-hydrogen) atoms. The van der Waals surface area contributed by atoms with Crippen LogP contribution in [0.25, 0.3) is 16.2 Å². The molecule has 0 amide bonds. The summed E-state index contributed by atoms with van der Waals surface area (Å²) in [6.07, 6.45) is 1.69. The van der Waals surface area contributed by atoms with E-state index in [1.807, 2.05) is 31.2 Å². The van der Waals surface area contributed by atoms with Crippen LogP contribution >= 0.6 is 46.1 Å². The van der Waals surface area contributed by atoms with Crippen molar-refractivity contribution < 1.29 is 9.53 Å². The average Bonchev–Trinajstić information content (AvgIpc) is 3.08. The molecule has 0 saturated heterocycles. The normalized spacial score (nSPS) is 15.6. The summed E-state index contributed by atoms with van der Waals surface area (Å²) in [4.78, 5) is 17.1. The topological polar surface area (TPSA) is 38.7 Å². The third kappa shape index (κ3) is 3.14. The number of ether oxygens (including phenoxy) is 1. The van der Waals surface area contributed by atoms with E-state index in [1.165, 1.54) is 11.3 Å². The number of fused-ring (bicyclic) bond motifs is 1. The SMILES string of the molecule is Cc1cccc(/C=C2\N=C(c3sc4cc(Cl)cc(Cl)c4c3Cl)OC2=O)c1. The standard InChI is InChI=1S/C19H10Cl3NO2S/c1-9-3-2-4-10(5-9)6-13-19(24)25-18(23-13)17-16(22)15-12(21)7-11(20)8-14(15)26-17/h2-8H,1H3/b13-6-. The Morgan fingerprint density at radius 2 is 1.96 bits per heavy atom. The van der Waals surface area contributed by atoms with E-state index in [-0.39, 0.29) is 11.6 Å². The highest BCUT2D eigenvalue weighted by Gasteiger charge is 2.28. The Bertz CT molecular complexity index is 1130. The van der Waals surface area contributed by atoms with E-state index >= 15 is 0 Å². The Morgan fingerprint density at radius 3 is 2.73 bits per heavy atom. The highest BCUT2D eigenvalue weighted by atomic mass is 35.5. The molecule has 0 saturated carbocycles. The number of hydrogen-bond donors (Lipinski definition) is 0. The van der Waals surface area contributed by atoms with E-state index in [2.05, 4.69) is 4.99 Å². The number of hydrogen-bond acceptors (Lipinski definition) is 4. The molecule has 1 aliphatic heterocycles. The number of aryl methyl sites for hydroxylation is 1. The van der Waals surface area contributed by atoms with Gasteiger partial charge in [0, 0.05) is 15.1 Å². The number of halogens is 3. The van der Waals surface area contributed by atoms with Crippen molar-refractivity contribution in [1.29, 1.82) is 0 Å². The molecule has 0 unspecified atom stereocenters. The molecule has 1 aromatic heterocycles. The molecular weight excluding hydrogens is 413 g/mol. The molecule has 0 spiro atoms. The van der Waals surface area contributed by atoms with Crippen molar-refractivity contribution in [2.24, 2.45) is 4.99 Å². The number of nitrogens with zero attached hydrogens (tertiary/aromatic N) is 1. The third-order valence-electron chi connectivity index (χ3n) is 3.81. The summed E-state index contributed by atoms with van der Waals surface area (Å²) in [6, 6.07) is 11.1. The summed E-state index contributed by atoms with van der Waals surface area (Å²) in [5.74, 6) is -0.341. The van der Waals surface area contributed by atoms with Crippen LogP contribution in [-0.2, 0) is 9.53 Å². The molecule has 130 valence electrons. The van der Waals surface area contributed by atoms with Crippen molar-refractivity contribution in [3.63, 3.8) is 0 Å². The Morgan fingerprint density at radius 1 is 1.15 bits per heavy atom. The maximum Gasteiger partial charge on any atom is 0.363 e. The van der Waals surface area contributed by atoms with Crippen molar-refractivity contribution in [2.75, 3.05) is 0 Å². The molecule has 0 aliphatic carbocycles. The van der Waals surface area contributed by atoms with Gasteiger partial charge in [-0.15, -0.1) is 11.3 Å². The van der Waals surface area contributed by atoms with E-state index in [0.717, 1.165) is 15.8 Å². The molecule has 3 aromatic rings. The third-order valence-corrected chi connectivity index (χ3v) is 5.94. The summed E-state index contributed by atoms with van der Waals surface area (Å²) in [5, 5.41) is 2.03. The van der Waals surface area contributed by atoms with Gasteiger partial charge in [-0.3, -0.25) is 0 Å². The minimum atomic E-state index is -0.515. The van der Waals surface area contributed by atoms with Gasteiger partial charge in [-0.25, -0.2) is 9.79 Å². The van der Waals surface area contributed by atoms with Crippen LogP contribution in [0.15, 0.2) is 47.1 Å². The highest BCUT2D eigenvalue weighted by molar-refractivity contribution is 7.21. The number of carbonyl (C=O) groups is 1. The second-order valence-electron chi connectivity index (χ2n) is 5.76. The molecular formula is C19H10Cl3NO2S. The predicted molar refractivity (Wildman–Crippen MR) is 109 cm³/mol. The van der Waals surface area contributed by atoms with Crippen molar-refractivity contribution in [3.05, 3.63) is 73.2 Å². The van der Waals surface area contributed by atoms with Gasteiger partial charge >= 0.3 is 5.97 Å². The van der Waals surface area contributed by atoms with Gasteiger partial charge in [0.05, 0.1) is 10.0 Å². The van der Waals surface area contributed by atoms with Gasteiger partial charge < -0.3 is 4.74 Å². The quantitative estimate of drug-likeness (QED) is 0.348. The van der Waals surface area contributed by atoms with Crippen LogP contribution in [0.1, 0.15) is 16.0 Å². The summed E-state index contributed by atoms with van der Waals surface area (Å²) in [6.45, 7) is 1.98. The van der Waals surface area contributed by atoms with E-state index < -0.39 is 5.97 Å². The number of carbonyl (C=O) groups excluding carboxylic acids is 1. The minimum absolute atomic E-state index is 0.173. The Kier molecular flexibility index (Phi) is 4.53.